The van der Waals surface area contributed by atoms with Crippen molar-refractivity contribution >= 4 is 17.4 Å². The molecular weight excluding hydrogens is 236 g/mol. The number of nitrogens with zero attached hydrogens (tertiary/aromatic N) is 2. The Labute approximate surface area is 105 Å². The van der Waals surface area contributed by atoms with Gasteiger partial charge in [0.05, 0.1) is 11.2 Å². The average molecular weight is 249 g/mol. The van der Waals surface area contributed by atoms with Gasteiger partial charge in [-0.15, -0.1) is 0 Å². The highest BCUT2D eigenvalue weighted by molar-refractivity contribution is 6.34. The quantitative estimate of drug-likeness (QED) is 0.766. The first kappa shape index (κ1) is 11.9. The average Bonchev–Trinajstić information content (AvgIpc) is 2.58. The van der Waals surface area contributed by atoms with Gasteiger partial charge in [-0.1, -0.05) is 29.8 Å². The Balaban J connectivity index is 2.59. The molecule has 0 aliphatic heterocycles. The maximum Gasteiger partial charge on any atom is 0.213 e. The number of ketones is 1. The molecule has 0 bridgehead atoms. The van der Waals surface area contributed by atoms with Crippen LogP contribution in [0.5, 0.6) is 0 Å². The molecule has 0 saturated heterocycles. The second-order valence-corrected chi connectivity index (χ2v) is 4.47. The fraction of sp³-hybridized carbons (Fsp3) is 0.231. The molecule has 4 heteroatoms. The lowest BCUT2D eigenvalue weighted by Gasteiger charge is -2.09. The summed E-state index contributed by atoms with van der Waals surface area (Å²) in [5.41, 5.74) is 3.04. The molecule has 0 N–H and O–H groups in total. The highest BCUT2D eigenvalue weighted by Gasteiger charge is 2.20. The maximum absolute atomic E-state index is 12.4. The summed E-state index contributed by atoms with van der Waals surface area (Å²) >= 11 is 5.99. The van der Waals surface area contributed by atoms with Crippen LogP contribution in [0.2, 0.25) is 5.02 Å². The molecule has 0 unspecified atom stereocenters. The SMILES string of the molecule is Cc1cccc(C)c1C(=O)c1c(Cl)cnn1C. The summed E-state index contributed by atoms with van der Waals surface area (Å²) in [6.07, 6.45) is 1.49. The minimum atomic E-state index is -0.0781. The van der Waals surface area contributed by atoms with E-state index in [4.69, 9.17) is 11.6 Å². The predicted molar refractivity (Wildman–Crippen MR) is 67.6 cm³/mol. The fourth-order valence-electron chi connectivity index (χ4n) is 1.96. The van der Waals surface area contributed by atoms with Crippen molar-refractivity contribution in [2.45, 2.75) is 13.8 Å². The molecule has 1 aromatic heterocycles. The molecule has 3 nitrogen and oxygen atoms in total. The topological polar surface area (TPSA) is 34.9 Å². The Hall–Kier alpha value is -1.61. The third kappa shape index (κ3) is 1.98. The fourth-order valence-corrected chi connectivity index (χ4v) is 2.21. The first-order valence-corrected chi connectivity index (χ1v) is 5.68. The molecule has 0 radical (unpaired) electrons. The summed E-state index contributed by atoms with van der Waals surface area (Å²) in [6.45, 7) is 3.84. The zero-order valence-corrected chi connectivity index (χ0v) is 10.7. The maximum atomic E-state index is 12.4. The third-order valence-electron chi connectivity index (χ3n) is 2.82. The standard InChI is InChI=1S/C13H13ClN2O/c1-8-5-4-6-9(2)11(8)13(17)12-10(14)7-15-16(12)3/h4-7H,1-3H3. The minimum absolute atomic E-state index is 0.0781. The molecule has 0 amide bonds. The van der Waals surface area contributed by atoms with Gasteiger partial charge in [0, 0.05) is 12.6 Å². The van der Waals surface area contributed by atoms with Gasteiger partial charge in [-0.3, -0.25) is 9.48 Å². The lowest BCUT2D eigenvalue weighted by molar-refractivity contribution is 0.102. The van der Waals surface area contributed by atoms with Gasteiger partial charge in [0.1, 0.15) is 5.69 Å². The normalized spacial score (nSPS) is 10.6. The predicted octanol–water partition coefficient (Wildman–Crippen LogP) is 2.92. The van der Waals surface area contributed by atoms with E-state index < -0.39 is 0 Å². The second-order valence-electron chi connectivity index (χ2n) is 4.06. The number of hydrogen-bond donors (Lipinski definition) is 0. The van der Waals surface area contributed by atoms with Crippen LogP contribution in [0.15, 0.2) is 24.4 Å². The van der Waals surface area contributed by atoms with Gasteiger partial charge >= 0.3 is 0 Å². The molecule has 0 fully saturated rings. The van der Waals surface area contributed by atoms with E-state index in [0.29, 0.717) is 16.3 Å². The summed E-state index contributed by atoms with van der Waals surface area (Å²) in [6, 6.07) is 5.78. The van der Waals surface area contributed by atoms with Crippen LogP contribution in [0.1, 0.15) is 27.2 Å². The van der Waals surface area contributed by atoms with Gasteiger partial charge in [-0.05, 0) is 25.0 Å². The van der Waals surface area contributed by atoms with E-state index in [2.05, 4.69) is 5.10 Å². The molecule has 2 aromatic rings. The zero-order valence-electron chi connectivity index (χ0n) is 9.99. The van der Waals surface area contributed by atoms with E-state index in [9.17, 15) is 4.79 Å². The van der Waals surface area contributed by atoms with Crippen molar-refractivity contribution in [3.63, 3.8) is 0 Å². The third-order valence-corrected chi connectivity index (χ3v) is 3.09. The zero-order chi connectivity index (χ0) is 12.6. The molecule has 2 rings (SSSR count). The Bertz CT molecular complexity index is 547. The smallest absolute Gasteiger partial charge is 0.213 e. The van der Waals surface area contributed by atoms with Crippen LogP contribution in [0.25, 0.3) is 0 Å². The summed E-state index contributed by atoms with van der Waals surface area (Å²) in [5, 5.41) is 4.37. The van der Waals surface area contributed by atoms with E-state index in [1.807, 2.05) is 32.0 Å². The largest absolute Gasteiger partial charge is 0.287 e. The Kier molecular flexibility index (Phi) is 3.03. The Morgan fingerprint density at radius 3 is 2.35 bits per heavy atom. The minimum Gasteiger partial charge on any atom is -0.287 e. The van der Waals surface area contributed by atoms with E-state index in [1.165, 1.54) is 10.9 Å². The van der Waals surface area contributed by atoms with Crippen molar-refractivity contribution in [2.24, 2.45) is 7.05 Å². The van der Waals surface area contributed by atoms with Crippen LogP contribution >= 0.6 is 11.6 Å². The number of carbonyl (C=O) groups excluding carboxylic acids is 1. The van der Waals surface area contributed by atoms with Gasteiger partial charge in [0.2, 0.25) is 5.78 Å². The van der Waals surface area contributed by atoms with E-state index in [0.717, 1.165) is 11.1 Å². The summed E-state index contributed by atoms with van der Waals surface area (Å²) in [5.74, 6) is -0.0781. The van der Waals surface area contributed by atoms with Crippen LogP contribution in [0.4, 0.5) is 0 Å². The number of carbonyl (C=O) groups is 1. The number of aryl methyl sites for hydroxylation is 3. The van der Waals surface area contributed by atoms with Crippen LogP contribution in [0, 0.1) is 13.8 Å². The van der Waals surface area contributed by atoms with Crippen molar-refractivity contribution in [1.82, 2.24) is 9.78 Å². The number of aromatic nitrogens is 2. The van der Waals surface area contributed by atoms with Gasteiger partial charge in [-0.2, -0.15) is 5.10 Å². The lowest BCUT2D eigenvalue weighted by atomic mass is 9.97. The van der Waals surface area contributed by atoms with Crippen molar-refractivity contribution in [2.75, 3.05) is 0 Å². The van der Waals surface area contributed by atoms with E-state index >= 15 is 0 Å². The van der Waals surface area contributed by atoms with Crippen LogP contribution in [-0.2, 0) is 7.05 Å². The number of rotatable bonds is 2. The van der Waals surface area contributed by atoms with Crippen molar-refractivity contribution in [1.29, 1.82) is 0 Å². The highest BCUT2D eigenvalue weighted by Crippen LogP contribution is 2.22. The summed E-state index contributed by atoms with van der Waals surface area (Å²) in [4.78, 5) is 12.4. The Morgan fingerprint density at radius 2 is 1.88 bits per heavy atom. The van der Waals surface area contributed by atoms with Crippen LogP contribution in [0.3, 0.4) is 0 Å². The molecule has 0 aliphatic rings. The molecular formula is C13H13ClN2O. The van der Waals surface area contributed by atoms with E-state index in [1.54, 1.807) is 7.05 Å². The second kappa shape index (κ2) is 4.34. The molecule has 17 heavy (non-hydrogen) atoms. The molecule has 0 atom stereocenters. The van der Waals surface area contributed by atoms with Crippen LogP contribution in [-0.4, -0.2) is 15.6 Å². The summed E-state index contributed by atoms with van der Waals surface area (Å²) in [7, 11) is 1.72. The first-order chi connectivity index (χ1) is 8.02. The van der Waals surface area contributed by atoms with Crippen molar-refractivity contribution < 1.29 is 4.79 Å². The monoisotopic (exact) mass is 248 g/mol. The number of halogens is 1. The molecule has 0 spiro atoms. The van der Waals surface area contributed by atoms with E-state index in [-0.39, 0.29) is 5.78 Å². The van der Waals surface area contributed by atoms with Crippen molar-refractivity contribution in [3.8, 4) is 0 Å². The van der Waals surface area contributed by atoms with Crippen molar-refractivity contribution in [3.05, 3.63) is 51.8 Å². The van der Waals surface area contributed by atoms with Gasteiger partial charge in [0.15, 0.2) is 0 Å². The molecule has 1 heterocycles. The Morgan fingerprint density at radius 1 is 1.29 bits per heavy atom. The molecule has 0 saturated carbocycles. The lowest BCUT2D eigenvalue weighted by Crippen LogP contribution is -2.11. The summed E-state index contributed by atoms with van der Waals surface area (Å²) < 4.78 is 1.51. The molecule has 88 valence electrons. The van der Waals surface area contributed by atoms with Gasteiger partial charge in [0.25, 0.3) is 0 Å². The highest BCUT2D eigenvalue weighted by atomic mass is 35.5. The number of benzene rings is 1. The van der Waals surface area contributed by atoms with Crippen LogP contribution < -0.4 is 0 Å². The number of hydrogen-bond acceptors (Lipinski definition) is 2. The molecule has 0 aliphatic carbocycles. The first-order valence-electron chi connectivity index (χ1n) is 5.30. The van der Waals surface area contributed by atoms with Gasteiger partial charge < -0.3 is 0 Å². The molecule has 1 aromatic carbocycles. The van der Waals surface area contributed by atoms with Gasteiger partial charge in [-0.25, -0.2) is 0 Å².